The van der Waals surface area contributed by atoms with Crippen molar-refractivity contribution >= 4 is 11.6 Å². The van der Waals surface area contributed by atoms with Crippen molar-refractivity contribution in [1.82, 2.24) is 15.0 Å². The highest BCUT2D eigenvalue weighted by molar-refractivity contribution is 5.95. The average molecular weight is 348 g/mol. The highest BCUT2D eigenvalue weighted by Crippen LogP contribution is 2.27. The fourth-order valence-corrected chi connectivity index (χ4v) is 3.21. The normalized spacial score (nSPS) is 12.9. The molecule has 1 aromatic heterocycles. The SMILES string of the molecule is CCOc1ccc(CC(=O)N2Cc3cnnn3Cc3ccccc32)cc1. The summed E-state index contributed by atoms with van der Waals surface area (Å²) in [5.41, 5.74) is 3.90. The van der Waals surface area contributed by atoms with Crippen molar-refractivity contribution < 1.29 is 9.53 Å². The van der Waals surface area contributed by atoms with Crippen molar-refractivity contribution in [1.29, 1.82) is 0 Å². The fraction of sp³-hybridized carbons (Fsp3) is 0.250. The third-order valence-corrected chi connectivity index (χ3v) is 4.51. The van der Waals surface area contributed by atoms with E-state index in [1.807, 2.05) is 65.0 Å². The van der Waals surface area contributed by atoms with Crippen molar-refractivity contribution in [2.75, 3.05) is 11.5 Å². The van der Waals surface area contributed by atoms with Crippen LogP contribution in [-0.2, 0) is 24.3 Å². The minimum atomic E-state index is 0.0521. The summed E-state index contributed by atoms with van der Waals surface area (Å²) < 4.78 is 7.31. The van der Waals surface area contributed by atoms with Crippen molar-refractivity contribution in [3.8, 4) is 5.75 Å². The molecule has 1 amide bonds. The molecule has 0 bridgehead atoms. The van der Waals surface area contributed by atoms with Gasteiger partial charge in [-0.3, -0.25) is 4.79 Å². The van der Waals surface area contributed by atoms with Crippen molar-refractivity contribution in [3.63, 3.8) is 0 Å². The zero-order valence-electron chi connectivity index (χ0n) is 14.6. The number of aromatic nitrogens is 3. The van der Waals surface area contributed by atoms with Crippen LogP contribution >= 0.6 is 0 Å². The lowest BCUT2D eigenvalue weighted by atomic mass is 10.1. The van der Waals surface area contributed by atoms with Crippen LogP contribution < -0.4 is 9.64 Å². The van der Waals surface area contributed by atoms with Gasteiger partial charge >= 0.3 is 0 Å². The van der Waals surface area contributed by atoms with Gasteiger partial charge in [-0.15, -0.1) is 5.10 Å². The largest absolute Gasteiger partial charge is 0.494 e. The first-order valence-electron chi connectivity index (χ1n) is 8.72. The van der Waals surface area contributed by atoms with Crippen LogP contribution in [0.3, 0.4) is 0 Å². The Hall–Kier alpha value is -3.15. The predicted octanol–water partition coefficient (Wildman–Crippen LogP) is 2.81. The van der Waals surface area contributed by atoms with Crippen LogP contribution in [0.4, 0.5) is 5.69 Å². The molecule has 0 aliphatic carbocycles. The van der Waals surface area contributed by atoms with Crippen LogP contribution in [0.5, 0.6) is 5.75 Å². The number of para-hydroxylation sites is 1. The van der Waals surface area contributed by atoms with Crippen molar-refractivity contribution in [2.45, 2.75) is 26.4 Å². The molecule has 132 valence electrons. The molecule has 0 N–H and O–H groups in total. The maximum Gasteiger partial charge on any atom is 0.231 e. The minimum Gasteiger partial charge on any atom is -0.494 e. The Morgan fingerprint density at radius 1 is 1.12 bits per heavy atom. The number of rotatable bonds is 4. The molecule has 2 heterocycles. The predicted molar refractivity (Wildman–Crippen MR) is 98.1 cm³/mol. The van der Waals surface area contributed by atoms with E-state index in [-0.39, 0.29) is 5.91 Å². The number of carbonyl (C=O) groups is 1. The molecule has 0 unspecified atom stereocenters. The van der Waals surface area contributed by atoms with Crippen molar-refractivity contribution in [2.24, 2.45) is 0 Å². The standard InChI is InChI=1S/C20H20N4O2/c1-2-26-18-9-7-15(8-10-18)11-20(25)23-14-17-12-21-22-24(17)13-16-5-3-4-6-19(16)23/h3-10,12H,2,11,13-14H2,1H3. The molecule has 0 atom stereocenters. The number of benzene rings is 2. The number of hydrogen-bond donors (Lipinski definition) is 0. The summed E-state index contributed by atoms with van der Waals surface area (Å²) in [6, 6.07) is 15.7. The minimum absolute atomic E-state index is 0.0521. The topological polar surface area (TPSA) is 60.2 Å². The Morgan fingerprint density at radius 2 is 1.92 bits per heavy atom. The number of carbonyl (C=O) groups excluding carboxylic acids is 1. The van der Waals surface area contributed by atoms with Crippen LogP contribution in [0.1, 0.15) is 23.7 Å². The summed E-state index contributed by atoms with van der Waals surface area (Å²) in [7, 11) is 0. The van der Waals surface area contributed by atoms with E-state index in [0.29, 0.717) is 26.1 Å². The first-order chi connectivity index (χ1) is 12.7. The number of nitrogens with zero attached hydrogens (tertiary/aromatic N) is 4. The van der Waals surface area contributed by atoms with Crippen LogP contribution in [0.25, 0.3) is 0 Å². The van der Waals surface area contributed by atoms with E-state index < -0.39 is 0 Å². The molecule has 1 aliphatic rings. The molecule has 1 aliphatic heterocycles. The second kappa shape index (κ2) is 7.00. The van der Waals surface area contributed by atoms with Gasteiger partial charge in [0.25, 0.3) is 0 Å². The molecule has 6 nitrogen and oxygen atoms in total. The highest BCUT2D eigenvalue weighted by atomic mass is 16.5. The first kappa shape index (κ1) is 16.3. The van der Waals surface area contributed by atoms with E-state index in [0.717, 1.165) is 28.3 Å². The maximum atomic E-state index is 13.1. The number of ether oxygens (including phenoxy) is 1. The van der Waals surface area contributed by atoms with E-state index in [9.17, 15) is 4.79 Å². The van der Waals surface area contributed by atoms with Crippen LogP contribution in [0, 0.1) is 0 Å². The maximum absolute atomic E-state index is 13.1. The molecule has 0 saturated heterocycles. The molecule has 4 rings (SSSR count). The zero-order valence-corrected chi connectivity index (χ0v) is 14.6. The fourth-order valence-electron chi connectivity index (χ4n) is 3.21. The Kier molecular flexibility index (Phi) is 4.39. The van der Waals surface area contributed by atoms with Crippen LogP contribution in [-0.4, -0.2) is 27.5 Å². The van der Waals surface area contributed by atoms with Gasteiger partial charge in [-0.05, 0) is 36.2 Å². The second-order valence-electron chi connectivity index (χ2n) is 6.25. The van der Waals surface area contributed by atoms with Gasteiger partial charge in [0.05, 0.1) is 38.0 Å². The number of anilines is 1. The third-order valence-electron chi connectivity index (χ3n) is 4.51. The Bertz CT molecular complexity index is 918. The molecule has 26 heavy (non-hydrogen) atoms. The van der Waals surface area contributed by atoms with Gasteiger partial charge in [-0.1, -0.05) is 35.5 Å². The van der Waals surface area contributed by atoms with Gasteiger partial charge in [-0.2, -0.15) is 0 Å². The highest BCUT2D eigenvalue weighted by Gasteiger charge is 2.24. The Morgan fingerprint density at radius 3 is 2.73 bits per heavy atom. The van der Waals surface area contributed by atoms with Gasteiger partial charge in [0.2, 0.25) is 5.91 Å². The van der Waals surface area contributed by atoms with Crippen molar-refractivity contribution in [3.05, 3.63) is 71.5 Å². The summed E-state index contributed by atoms with van der Waals surface area (Å²) in [6.45, 7) is 3.68. The third kappa shape index (κ3) is 3.18. The second-order valence-corrected chi connectivity index (χ2v) is 6.25. The monoisotopic (exact) mass is 348 g/mol. The zero-order chi connectivity index (χ0) is 17.9. The molecular formula is C20H20N4O2. The molecule has 0 saturated carbocycles. The Labute approximate surface area is 152 Å². The van der Waals surface area contributed by atoms with Gasteiger partial charge in [0.15, 0.2) is 0 Å². The van der Waals surface area contributed by atoms with E-state index in [1.165, 1.54) is 0 Å². The van der Waals surface area contributed by atoms with E-state index in [1.54, 1.807) is 6.20 Å². The molecule has 0 spiro atoms. The van der Waals surface area contributed by atoms with Gasteiger partial charge < -0.3 is 9.64 Å². The number of amides is 1. The summed E-state index contributed by atoms with van der Waals surface area (Å²) >= 11 is 0. The molecule has 0 radical (unpaired) electrons. The summed E-state index contributed by atoms with van der Waals surface area (Å²) in [6.07, 6.45) is 2.06. The molecule has 3 aromatic rings. The quantitative estimate of drug-likeness (QED) is 0.727. The van der Waals surface area contributed by atoms with Gasteiger partial charge in [-0.25, -0.2) is 4.68 Å². The molecule has 2 aromatic carbocycles. The molecule has 0 fully saturated rings. The molecular weight excluding hydrogens is 328 g/mol. The smallest absolute Gasteiger partial charge is 0.231 e. The van der Waals surface area contributed by atoms with E-state index >= 15 is 0 Å². The first-order valence-corrected chi connectivity index (χ1v) is 8.72. The van der Waals surface area contributed by atoms with E-state index in [4.69, 9.17) is 4.74 Å². The summed E-state index contributed by atoms with van der Waals surface area (Å²) in [5, 5.41) is 8.12. The summed E-state index contributed by atoms with van der Waals surface area (Å²) in [5.74, 6) is 0.870. The van der Waals surface area contributed by atoms with E-state index in [2.05, 4.69) is 10.3 Å². The van der Waals surface area contributed by atoms with Gasteiger partial charge in [0, 0.05) is 5.69 Å². The Balaban J connectivity index is 1.60. The lowest BCUT2D eigenvalue weighted by molar-refractivity contribution is -0.118. The van der Waals surface area contributed by atoms with Crippen LogP contribution in [0.15, 0.2) is 54.7 Å². The lowest BCUT2D eigenvalue weighted by Gasteiger charge is -2.22. The molecule has 6 heteroatoms. The lowest BCUT2D eigenvalue weighted by Crippen LogP contribution is -2.32. The average Bonchev–Trinajstić information content (AvgIpc) is 3.02. The summed E-state index contributed by atoms with van der Waals surface area (Å²) in [4.78, 5) is 14.9. The number of fused-ring (bicyclic) bond motifs is 2. The van der Waals surface area contributed by atoms with Gasteiger partial charge in [0.1, 0.15) is 5.75 Å². The van der Waals surface area contributed by atoms with Crippen LogP contribution in [0.2, 0.25) is 0 Å². The number of hydrogen-bond acceptors (Lipinski definition) is 4.